The molecule has 1 unspecified atom stereocenters. The lowest BCUT2D eigenvalue weighted by Gasteiger charge is -2.23. The molecule has 3 rings (SSSR count). The minimum absolute atomic E-state index is 0.0491. The van der Waals surface area contributed by atoms with Crippen molar-refractivity contribution < 1.29 is 14.3 Å². The number of rotatable bonds is 6. The predicted octanol–water partition coefficient (Wildman–Crippen LogP) is 5.38. The van der Waals surface area contributed by atoms with Crippen molar-refractivity contribution in [3.63, 3.8) is 0 Å². The fourth-order valence-electron chi connectivity index (χ4n) is 2.98. The highest BCUT2D eigenvalue weighted by Crippen LogP contribution is 2.36. The van der Waals surface area contributed by atoms with Gasteiger partial charge < -0.3 is 9.47 Å². The summed E-state index contributed by atoms with van der Waals surface area (Å²) in [5.41, 5.74) is 1.69. The summed E-state index contributed by atoms with van der Waals surface area (Å²) >= 11 is 10.1. The molecular formula is C18H22BrClN2O3. The zero-order chi connectivity index (χ0) is 17.8. The Labute approximate surface area is 160 Å². The molecule has 1 aromatic carbocycles. The maximum Gasteiger partial charge on any atom is 0.306 e. The average Bonchev–Trinajstić information content (AvgIpc) is 3.04. The van der Waals surface area contributed by atoms with Crippen LogP contribution in [0.5, 0.6) is 0 Å². The van der Waals surface area contributed by atoms with Crippen molar-refractivity contribution in [2.24, 2.45) is 0 Å². The van der Waals surface area contributed by atoms with E-state index in [9.17, 15) is 4.79 Å². The predicted molar refractivity (Wildman–Crippen MR) is 101 cm³/mol. The van der Waals surface area contributed by atoms with Gasteiger partial charge in [-0.3, -0.25) is 4.79 Å². The highest BCUT2D eigenvalue weighted by atomic mass is 79.9. The molecule has 1 atom stereocenters. The van der Waals surface area contributed by atoms with Crippen LogP contribution >= 0.6 is 27.5 Å². The topological polar surface area (TPSA) is 53.3 Å². The van der Waals surface area contributed by atoms with Crippen molar-refractivity contribution in [3.8, 4) is 0 Å². The largest absolute Gasteiger partial charge is 0.461 e. The molecule has 1 saturated heterocycles. The monoisotopic (exact) mass is 428 g/mol. The summed E-state index contributed by atoms with van der Waals surface area (Å²) in [6.45, 7) is 2.96. The van der Waals surface area contributed by atoms with Gasteiger partial charge in [0.1, 0.15) is 6.61 Å². The van der Waals surface area contributed by atoms with Crippen LogP contribution in [0.25, 0.3) is 10.9 Å². The van der Waals surface area contributed by atoms with E-state index in [0.717, 1.165) is 59.7 Å². The standard InChI is InChI=1S/C18H22BrClN2O3/c1-2-3-7-17(23)25-11-13-14(20)9-15-12(18(13)19)10-21-22(15)16-6-4-5-8-24-16/h9-10,16H,2-8,11H2,1H3. The van der Waals surface area contributed by atoms with Crippen LogP contribution in [0, 0.1) is 0 Å². The minimum Gasteiger partial charge on any atom is -0.461 e. The summed E-state index contributed by atoms with van der Waals surface area (Å²) in [5, 5.41) is 5.99. The van der Waals surface area contributed by atoms with Crippen LogP contribution in [-0.2, 0) is 20.9 Å². The molecule has 136 valence electrons. The van der Waals surface area contributed by atoms with Gasteiger partial charge in [0.15, 0.2) is 6.23 Å². The zero-order valence-corrected chi connectivity index (χ0v) is 16.6. The molecule has 1 fully saturated rings. The lowest BCUT2D eigenvalue weighted by atomic mass is 10.1. The van der Waals surface area contributed by atoms with Crippen molar-refractivity contribution in [1.82, 2.24) is 9.78 Å². The smallest absolute Gasteiger partial charge is 0.306 e. The zero-order valence-electron chi connectivity index (χ0n) is 14.3. The molecule has 2 heterocycles. The van der Waals surface area contributed by atoms with Gasteiger partial charge in [0.05, 0.1) is 16.7 Å². The third-order valence-corrected chi connectivity index (χ3v) is 5.67. The fourth-order valence-corrected chi connectivity index (χ4v) is 3.98. The third-order valence-electron chi connectivity index (χ3n) is 4.43. The Morgan fingerprint density at radius 3 is 3.08 bits per heavy atom. The molecule has 0 spiro atoms. The fraction of sp³-hybridized carbons (Fsp3) is 0.556. The molecule has 1 aromatic heterocycles. The van der Waals surface area contributed by atoms with Gasteiger partial charge in [0.2, 0.25) is 0 Å². The van der Waals surface area contributed by atoms with E-state index in [0.29, 0.717) is 11.4 Å². The van der Waals surface area contributed by atoms with Crippen LogP contribution in [0.1, 0.15) is 57.2 Å². The summed E-state index contributed by atoms with van der Waals surface area (Å²) in [5.74, 6) is -0.198. The number of carbonyl (C=O) groups is 1. The third kappa shape index (κ3) is 4.18. The van der Waals surface area contributed by atoms with Crippen molar-refractivity contribution in [2.45, 2.75) is 58.3 Å². The number of aromatic nitrogens is 2. The second-order valence-electron chi connectivity index (χ2n) is 6.26. The van der Waals surface area contributed by atoms with Crippen LogP contribution in [-0.4, -0.2) is 22.4 Å². The van der Waals surface area contributed by atoms with Crippen LogP contribution in [0.3, 0.4) is 0 Å². The van der Waals surface area contributed by atoms with Crippen LogP contribution in [0.2, 0.25) is 5.02 Å². The van der Waals surface area contributed by atoms with Gasteiger partial charge >= 0.3 is 5.97 Å². The van der Waals surface area contributed by atoms with E-state index in [1.54, 1.807) is 6.20 Å². The Hall–Kier alpha value is -1.11. The van der Waals surface area contributed by atoms with E-state index >= 15 is 0 Å². The number of nitrogens with zero attached hydrogens (tertiary/aromatic N) is 2. The molecule has 0 radical (unpaired) electrons. The Kier molecular flexibility index (Phi) is 6.36. The van der Waals surface area contributed by atoms with E-state index < -0.39 is 0 Å². The second kappa shape index (κ2) is 8.52. The molecule has 0 aliphatic carbocycles. The normalized spacial score (nSPS) is 17.8. The lowest BCUT2D eigenvalue weighted by molar-refractivity contribution is -0.145. The van der Waals surface area contributed by atoms with E-state index in [-0.39, 0.29) is 18.8 Å². The number of hydrogen-bond donors (Lipinski definition) is 0. The number of unbranched alkanes of at least 4 members (excludes halogenated alkanes) is 1. The summed E-state index contributed by atoms with van der Waals surface area (Å²) in [6, 6.07) is 1.88. The van der Waals surface area contributed by atoms with Gasteiger partial charge in [-0.2, -0.15) is 5.10 Å². The number of esters is 1. The highest BCUT2D eigenvalue weighted by molar-refractivity contribution is 9.10. The summed E-state index contributed by atoms with van der Waals surface area (Å²) < 4.78 is 13.9. The van der Waals surface area contributed by atoms with Gasteiger partial charge in [-0.15, -0.1) is 0 Å². The summed E-state index contributed by atoms with van der Waals surface area (Å²) in [6.07, 6.45) is 7.16. The molecule has 0 amide bonds. The first-order valence-electron chi connectivity index (χ1n) is 8.73. The number of fused-ring (bicyclic) bond motifs is 1. The van der Waals surface area contributed by atoms with Crippen LogP contribution in [0.15, 0.2) is 16.7 Å². The molecule has 25 heavy (non-hydrogen) atoms. The second-order valence-corrected chi connectivity index (χ2v) is 7.46. The highest BCUT2D eigenvalue weighted by Gasteiger charge is 2.21. The van der Waals surface area contributed by atoms with Gasteiger partial charge in [-0.1, -0.05) is 24.9 Å². The molecule has 7 heteroatoms. The van der Waals surface area contributed by atoms with E-state index in [2.05, 4.69) is 21.0 Å². The SMILES string of the molecule is CCCCC(=O)OCc1c(Cl)cc2c(cnn2C2CCCCO2)c1Br. The Morgan fingerprint density at radius 1 is 1.52 bits per heavy atom. The molecule has 1 aliphatic rings. The first kappa shape index (κ1) is 18.7. The number of ether oxygens (including phenoxy) is 2. The number of carbonyl (C=O) groups excluding carboxylic acids is 1. The maximum absolute atomic E-state index is 11.8. The molecule has 0 N–H and O–H groups in total. The van der Waals surface area contributed by atoms with Gasteiger partial charge in [0.25, 0.3) is 0 Å². The number of hydrogen-bond acceptors (Lipinski definition) is 4. The van der Waals surface area contributed by atoms with Crippen molar-refractivity contribution in [1.29, 1.82) is 0 Å². The van der Waals surface area contributed by atoms with Gasteiger partial charge in [0, 0.05) is 28.5 Å². The summed E-state index contributed by atoms with van der Waals surface area (Å²) in [7, 11) is 0. The van der Waals surface area contributed by atoms with E-state index in [1.807, 2.05) is 17.7 Å². The number of benzene rings is 1. The van der Waals surface area contributed by atoms with Crippen molar-refractivity contribution in [2.75, 3.05) is 6.61 Å². The van der Waals surface area contributed by atoms with Crippen LogP contribution in [0.4, 0.5) is 0 Å². The van der Waals surface area contributed by atoms with Crippen molar-refractivity contribution in [3.05, 3.63) is 27.3 Å². The van der Waals surface area contributed by atoms with Gasteiger partial charge in [-0.05, 0) is 47.7 Å². The lowest BCUT2D eigenvalue weighted by Crippen LogP contribution is -2.19. The number of halogens is 2. The molecule has 0 saturated carbocycles. The van der Waals surface area contributed by atoms with Crippen LogP contribution < -0.4 is 0 Å². The Balaban J connectivity index is 1.83. The Bertz CT molecular complexity index is 756. The molecular weight excluding hydrogens is 408 g/mol. The quantitative estimate of drug-likeness (QED) is 0.578. The molecule has 1 aliphatic heterocycles. The molecule has 5 nitrogen and oxygen atoms in total. The van der Waals surface area contributed by atoms with Crippen molar-refractivity contribution >= 4 is 44.4 Å². The Morgan fingerprint density at radius 2 is 2.36 bits per heavy atom. The minimum atomic E-state index is -0.198. The molecule has 2 aromatic rings. The van der Waals surface area contributed by atoms with Gasteiger partial charge in [-0.25, -0.2) is 4.68 Å². The maximum atomic E-state index is 11.8. The van der Waals surface area contributed by atoms with E-state index in [4.69, 9.17) is 21.1 Å². The van der Waals surface area contributed by atoms with E-state index in [1.165, 1.54) is 0 Å². The first-order valence-corrected chi connectivity index (χ1v) is 9.90. The molecule has 0 bridgehead atoms. The summed E-state index contributed by atoms with van der Waals surface area (Å²) in [4.78, 5) is 11.8. The average molecular weight is 430 g/mol. The first-order chi connectivity index (χ1) is 12.1.